The average Bonchev–Trinajstić information content (AvgIpc) is 2.50. The van der Waals surface area contributed by atoms with E-state index in [0.717, 1.165) is 18.6 Å². The lowest BCUT2D eigenvalue weighted by atomic mass is 10.1. The number of methoxy groups -OCH3 is 1. The molecule has 0 saturated heterocycles. The van der Waals surface area contributed by atoms with Crippen molar-refractivity contribution in [2.75, 3.05) is 7.11 Å². The van der Waals surface area contributed by atoms with Crippen molar-refractivity contribution in [1.82, 2.24) is 0 Å². The Morgan fingerprint density at radius 3 is 2.92 bits per heavy atom. The molecule has 12 heavy (non-hydrogen) atoms. The number of hydrogen-bond acceptors (Lipinski definition) is 2. The number of benzene rings is 1. The van der Waals surface area contributed by atoms with E-state index in [1.165, 1.54) is 17.5 Å². The second-order valence-corrected chi connectivity index (χ2v) is 3.14. The lowest BCUT2D eigenvalue weighted by molar-refractivity contribution is 0.403. The van der Waals surface area contributed by atoms with Crippen molar-refractivity contribution in [3.63, 3.8) is 0 Å². The van der Waals surface area contributed by atoms with E-state index in [1.54, 1.807) is 13.2 Å². The first-order valence-electron chi connectivity index (χ1n) is 4.20. The molecule has 64 valence electrons. The van der Waals surface area contributed by atoms with Gasteiger partial charge in [-0.25, -0.2) is 0 Å². The Hall–Kier alpha value is -1.18. The highest BCUT2D eigenvalue weighted by molar-refractivity contribution is 5.48. The van der Waals surface area contributed by atoms with Gasteiger partial charge in [-0.3, -0.25) is 0 Å². The van der Waals surface area contributed by atoms with Crippen LogP contribution >= 0.6 is 0 Å². The quantitative estimate of drug-likeness (QED) is 0.686. The van der Waals surface area contributed by atoms with Crippen molar-refractivity contribution in [3.05, 3.63) is 23.3 Å². The predicted molar refractivity (Wildman–Crippen MR) is 46.7 cm³/mol. The summed E-state index contributed by atoms with van der Waals surface area (Å²) in [5.74, 6) is 1.15. The van der Waals surface area contributed by atoms with E-state index < -0.39 is 0 Å². The van der Waals surface area contributed by atoms with Gasteiger partial charge in [0.1, 0.15) is 11.5 Å². The maximum atomic E-state index is 9.33. The van der Waals surface area contributed by atoms with Crippen molar-refractivity contribution in [2.24, 2.45) is 0 Å². The zero-order valence-corrected chi connectivity index (χ0v) is 7.13. The van der Waals surface area contributed by atoms with Gasteiger partial charge in [0.15, 0.2) is 0 Å². The Bertz CT molecular complexity index is 305. The Balaban J connectivity index is 2.55. The number of fused-ring (bicyclic) bond motifs is 1. The molecule has 0 atom stereocenters. The van der Waals surface area contributed by atoms with E-state index in [9.17, 15) is 5.11 Å². The molecule has 1 aromatic rings. The molecule has 0 spiro atoms. The fourth-order valence-electron chi connectivity index (χ4n) is 1.83. The molecule has 1 aliphatic rings. The standard InChI is InChI=1S/C10H12O2/c1-12-10-6-8(11)5-7-3-2-4-9(7)10/h5-6,11H,2-4H2,1H3. The third-order valence-corrected chi connectivity index (χ3v) is 2.38. The van der Waals surface area contributed by atoms with Crippen molar-refractivity contribution >= 4 is 0 Å². The maximum absolute atomic E-state index is 9.33. The number of phenols is 1. The highest BCUT2D eigenvalue weighted by atomic mass is 16.5. The molecule has 2 nitrogen and oxygen atoms in total. The van der Waals surface area contributed by atoms with Crippen LogP contribution in [0.3, 0.4) is 0 Å². The minimum absolute atomic E-state index is 0.313. The van der Waals surface area contributed by atoms with Crippen LogP contribution < -0.4 is 4.74 Å². The van der Waals surface area contributed by atoms with Crippen molar-refractivity contribution in [3.8, 4) is 11.5 Å². The summed E-state index contributed by atoms with van der Waals surface area (Å²) in [6.45, 7) is 0. The molecule has 1 N–H and O–H groups in total. The van der Waals surface area contributed by atoms with Gasteiger partial charge in [-0.15, -0.1) is 0 Å². The Labute approximate surface area is 71.8 Å². The highest BCUT2D eigenvalue weighted by Gasteiger charge is 2.16. The van der Waals surface area contributed by atoms with Crippen LogP contribution in [-0.2, 0) is 12.8 Å². The lowest BCUT2D eigenvalue weighted by Gasteiger charge is -2.07. The molecule has 0 heterocycles. The van der Waals surface area contributed by atoms with Gasteiger partial charge in [0.25, 0.3) is 0 Å². The number of ether oxygens (including phenoxy) is 1. The molecule has 0 saturated carbocycles. The molecule has 0 aromatic heterocycles. The largest absolute Gasteiger partial charge is 0.508 e. The fourth-order valence-corrected chi connectivity index (χ4v) is 1.83. The van der Waals surface area contributed by atoms with Gasteiger partial charge in [0.05, 0.1) is 7.11 Å². The summed E-state index contributed by atoms with van der Waals surface area (Å²) in [5, 5.41) is 9.33. The summed E-state index contributed by atoms with van der Waals surface area (Å²) in [4.78, 5) is 0. The number of aryl methyl sites for hydroxylation is 1. The van der Waals surface area contributed by atoms with Crippen LogP contribution in [0.4, 0.5) is 0 Å². The van der Waals surface area contributed by atoms with E-state index >= 15 is 0 Å². The third-order valence-electron chi connectivity index (χ3n) is 2.38. The zero-order valence-electron chi connectivity index (χ0n) is 7.13. The molecule has 0 bridgehead atoms. The first-order chi connectivity index (χ1) is 5.81. The van der Waals surface area contributed by atoms with E-state index in [1.807, 2.05) is 6.07 Å². The van der Waals surface area contributed by atoms with Gasteiger partial charge >= 0.3 is 0 Å². The summed E-state index contributed by atoms with van der Waals surface area (Å²) >= 11 is 0. The smallest absolute Gasteiger partial charge is 0.126 e. The molecule has 0 unspecified atom stereocenters. The Morgan fingerprint density at radius 1 is 1.33 bits per heavy atom. The number of rotatable bonds is 1. The second-order valence-electron chi connectivity index (χ2n) is 3.14. The van der Waals surface area contributed by atoms with Gasteiger partial charge in [-0.2, -0.15) is 0 Å². The fraction of sp³-hybridized carbons (Fsp3) is 0.400. The number of aromatic hydroxyl groups is 1. The van der Waals surface area contributed by atoms with E-state index in [4.69, 9.17) is 4.74 Å². The van der Waals surface area contributed by atoms with Crippen LogP contribution in [0.15, 0.2) is 12.1 Å². The Kier molecular flexibility index (Phi) is 1.68. The lowest BCUT2D eigenvalue weighted by Crippen LogP contribution is -1.90. The highest BCUT2D eigenvalue weighted by Crippen LogP contribution is 2.34. The van der Waals surface area contributed by atoms with E-state index in [0.29, 0.717) is 5.75 Å². The van der Waals surface area contributed by atoms with Crippen molar-refractivity contribution in [2.45, 2.75) is 19.3 Å². The van der Waals surface area contributed by atoms with Crippen LogP contribution in [0.25, 0.3) is 0 Å². The SMILES string of the molecule is COc1cc(O)cc2c1CCC2. The van der Waals surface area contributed by atoms with Crippen LogP contribution in [0.2, 0.25) is 0 Å². The molecule has 0 fully saturated rings. The summed E-state index contributed by atoms with van der Waals surface area (Å²) in [5.41, 5.74) is 2.52. The van der Waals surface area contributed by atoms with Crippen molar-refractivity contribution in [1.29, 1.82) is 0 Å². The first kappa shape index (κ1) is 7.47. The average molecular weight is 164 g/mol. The van der Waals surface area contributed by atoms with Gasteiger partial charge in [0.2, 0.25) is 0 Å². The molecular formula is C10H12O2. The van der Waals surface area contributed by atoms with Crippen LogP contribution in [0, 0.1) is 0 Å². The van der Waals surface area contributed by atoms with E-state index in [-0.39, 0.29) is 0 Å². The minimum atomic E-state index is 0.313. The first-order valence-corrected chi connectivity index (χ1v) is 4.20. The van der Waals surface area contributed by atoms with Crippen LogP contribution in [0.1, 0.15) is 17.5 Å². The molecule has 1 aliphatic carbocycles. The van der Waals surface area contributed by atoms with Gasteiger partial charge < -0.3 is 9.84 Å². The van der Waals surface area contributed by atoms with Crippen LogP contribution in [0.5, 0.6) is 11.5 Å². The zero-order chi connectivity index (χ0) is 8.55. The topological polar surface area (TPSA) is 29.5 Å². The maximum Gasteiger partial charge on any atom is 0.126 e. The summed E-state index contributed by atoms with van der Waals surface area (Å²) in [6, 6.07) is 3.52. The monoisotopic (exact) mass is 164 g/mol. The summed E-state index contributed by atoms with van der Waals surface area (Å²) in [6.07, 6.45) is 3.33. The predicted octanol–water partition coefficient (Wildman–Crippen LogP) is 1.89. The summed E-state index contributed by atoms with van der Waals surface area (Å²) in [7, 11) is 1.65. The van der Waals surface area contributed by atoms with Gasteiger partial charge in [0, 0.05) is 6.07 Å². The van der Waals surface area contributed by atoms with E-state index in [2.05, 4.69) is 0 Å². The molecule has 1 aromatic carbocycles. The molecule has 0 aliphatic heterocycles. The minimum Gasteiger partial charge on any atom is -0.508 e. The van der Waals surface area contributed by atoms with Crippen LogP contribution in [-0.4, -0.2) is 12.2 Å². The molecule has 0 radical (unpaired) electrons. The molecule has 0 amide bonds. The Morgan fingerprint density at radius 2 is 2.17 bits per heavy atom. The number of phenolic OH excluding ortho intramolecular Hbond substituents is 1. The van der Waals surface area contributed by atoms with Gasteiger partial charge in [-0.1, -0.05) is 0 Å². The van der Waals surface area contributed by atoms with Gasteiger partial charge in [-0.05, 0) is 36.5 Å². The molecule has 2 rings (SSSR count). The number of hydrogen-bond donors (Lipinski definition) is 1. The third kappa shape index (κ3) is 1.04. The second kappa shape index (κ2) is 2.70. The van der Waals surface area contributed by atoms with Crippen molar-refractivity contribution < 1.29 is 9.84 Å². The molecular weight excluding hydrogens is 152 g/mol. The normalized spacial score (nSPS) is 14.4. The summed E-state index contributed by atoms with van der Waals surface area (Å²) < 4.78 is 5.18. The molecule has 2 heteroatoms.